The molecule has 0 amide bonds. The summed E-state index contributed by atoms with van der Waals surface area (Å²) in [7, 11) is -1.99. The van der Waals surface area contributed by atoms with Crippen molar-refractivity contribution in [2.45, 2.75) is 37.1 Å². The second-order valence-electron chi connectivity index (χ2n) is 4.61. The SMILES string of the molecule is CCC(C)N(CCOC)S(=O)(=O)c1ccccc1CCl. The number of alkyl halides is 1. The number of halogens is 1. The summed E-state index contributed by atoms with van der Waals surface area (Å²) in [5, 5.41) is 0. The first-order valence-electron chi connectivity index (χ1n) is 6.63. The molecular weight excluding hydrogens is 298 g/mol. The van der Waals surface area contributed by atoms with Crippen molar-refractivity contribution in [1.29, 1.82) is 0 Å². The molecule has 1 unspecified atom stereocenters. The molecule has 4 nitrogen and oxygen atoms in total. The van der Waals surface area contributed by atoms with E-state index in [4.69, 9.17) is 16.3 Å². The molecule has 6 heteroatoms. The molecule has 1 aromatic rings. The number of sulfonamides is 1. The fraction of sp³-hybridized carbons (Fsp3) is 0.571. The lowest BCUT2D eigenvalue weighted by Crippen LogP contribution is -2.40. The summed E-state index contributed by atoms with van der Waals surface area (Å²) in [6.45, 7) is 4.57. The highest BCUT2D eigenvalue weighted by molar-refractivity contribution is 7.89. The van der Waals surface area contributed by atoms with E-state index in [9.17, 15) is 8.42 Å². The molecule has 1 aromatic carbocycles. The van der Waals surface area contributed by atoms with Crippen LogP contribution in [0.4, 0.5) is 0 Å². The van der Waals surface area contributed by atoms with Crippen molar-refractivity contribution >= 4 is 21.6 Å². The van der Waals surface area contributed by atoms with Crippen LogP contribution in [0.25, 0.3) is 0 Å². The molecule has 20 heavy (non-hydrogen) atoms. The van der Waals surface area contributed by atoms with Crippen LogP contribution in [-0.4, -0.2) is 39.0 Å². The van der Waals surface area contributed by atoms with Crippen molar-refractivity contribution in [2.75, 3.05) is 20.3 Å². The zero-order valence-corrected chi connectivity index (χ0v) is 13.7. The van der Waals surface area contributed by atoms with Gasteiger partial charge in [-0.2, -0.15) is 4.31 Å². The minimum absolute atomic E-state index is 0.0847. The molecule has 0 aromatic heterocycles. The van der Waals surface area contributed by atoms with Crippen LogP contribution in [0, 0.1) is 0 Å². The normalized spacial score (nSPS) is 13.7. The van der Waals surface area contributed by atoms with E-state index in [1.807, 2.05) is 13.8 Å². The summed E-state index contributed by atoms with van der Waals surface area (Å²) in [5.41, 5.74) is 0.625. The Morgan fingerprint density at radius 2 is 2.00 bits per heavy atom. The fourth-order valence-corrected chi connectivity index (χ4v) is 4.18. The Bertz CT molecular complexity index is 519. The fourth-order valence-electron chi connectivity index (χ4n) is 1.95. The number of nitrogens with zero attached hydrogens (tertiary/aromatic N) is 1. The van der Waals surface area contributed by atoms with E-state index in [2.05, 4.69) is 0 Å². The summed E-state index contributed by atoms with van der Waals surface area (Å²) in [6, 6.07) is 6.77. The van der Waals surface area contributed by atoms with E-state index < -0.39 is 10.0 Å². The van der Waals surface area contributed by atoms with Gasteiger partial charge in [0.05, 0.1) is 11.5 Å². The molecule has 0 heterocycles. The van der Waals surface area contributed by atoms with Gasteiger partial charge < -0.3 is 4.74 Å². The number of rotatable bonds is 8. The zero-order chi connectivity index (χ0) is 15.2. The summed E-state index contributed by atoms with van der Waals surface area (Å²) in [4.78, 5) is 0.284. The first-order chi connectivity index (χ1) is 9.48. The third-order valence-corrected chi connectivity index (χ3v) is 5.70. The second kappa shape index (κ2) is 7.98. The summed E-state index contributed by atoms with van der Waals surface area (Å²) < 4.78 is 32.2. The Labute approximate surface area is 126 Å². The first-order valence-corrected chi connectivity index (χ1v) is 8.61. The van der Waals surface area contributed by atoms with Gasteiger partial charge in [0.25, 0.3) is 0 Å². The number of benzene rings is 1. The van der Waals surface area contributed by atoms with E-state index in [0.29, 0.717) is 18.7 Å². The molecular formula is C14H22ClNO3S. The van der Waals surface area contributed by atoms with Crippen molar-refractivity contribution < 1.29 is 13.2 Å². The Morgan fingerprint density at radius 1 is 1.35 bits per heavy atom. The Morgan fingerprint density at radius 3 is 2.55 bits per heavy atom. The summed E-state index contributed by atoms with van der Waals surface area (Å²) in [5.74, 6) is 0.175. The van der Waals surface area contributed by atoms with Crippen molar-refractivity contribution in [1.82, 2.24) is 4.31 Å². The maximum Gasteiger partial charge on any atom is 0.243 e. The van der Waals surface area contributed by atoms with E-state index in [0.717, 1.165) is 6.42 Å². The second-order valence-corrected chi connectivity index (χ2v) is 6.73. The predicted octanol–water partition coefficient (Wildman–Crippen LogP) is 2.86. The third-order valence-electron chi connectivity index (χ3n) is 3.30. The van der Waals surface area contributed by atoms with Crippen LogP contribution < -0.4 is 0 Å². The molecule has 0 spiro atoms. The average molecular weight is 320 g/mol. The van der Waals surface area contributed by atoms with Gasteiger partial charge >= 0.3 is 0 Å². The summed E-state index contributed by atoms with van der Waals surface area (Å²) >= 11 is 5.85. The van der Waals surface area contributed by atoms with Gasteiger partial charge in [0, 0.05) is 25.6 Å². The lowest BCUT2D eigenvalue weighted by atomic mass is 10.2. The molecule has 0 aliphatic carbocycles. The molecule has 114 valence electrons. The van der Waals surface area contributed by atoms with Gasteiger partial charge in [0.1, 0.15) is 0 Å². The molecule has 0 radical (unpaired) electrons. The smallest absolute Gasteiger partial charge is 0.243 e. The van der Waals surface area contributed by atoms with Crippen LogP contribution in [0.15, 0.2) is 29.2 Å². The van der Waals surface area contributed by atoms with Gasteiger partial charge in [0.15, 0.2) is 0 Å². The number of ether oxygens (including phenoxy) is 1. The number of methoxy groups -OCH3 is 1. The first kappa shape index (κ1) is 17.4. The molecule has 0 fully saturated rings. The Hall–Kier alpha value is -0.620. The van der Waals surface area contributed by atoms with Gasteiger partial charge in [0.2, 0.25) is 10.0 Å². The highest BCUT2D eigenvalue weighted by Gasteiger charge is 2.29. The van der Waals surface area contributed by atoms with Crippen molar-refractivity contribution in [3.8, 4) is 0 Å². The molecule has 1 atom stereocenters. The maximum atomic E-state index is 12.8. The van der Waals surface area contributed by atoms with Crippen molar-refractivity contribution in [3.05, 3.63) is 29.8 Å². The highest BCUT2D eigenvalue weighted by atomic mass is 35.5. The van der Waals surface area contributed by atoms with Crippen LogP contribution in [0.3, 0.4) is 0 Å². The molecule has 0 aliphatic rings. The predicted molar refractivity (Wildman–Crippen MR) is 81.5 cm³/mol. The van der Waals surface area contributed by atoms with Crippen LogP contribution in [-0.2, 0) is 20.6 Å². The van der Waals surface area contributed by atoms with Crippen LogP contribution in [0.5, 0.6) is 0 Å². The standard InChI is InChI=1S/C14H22ClNO3S/c1-4-12(2)16(9-10-19-3)20(17,18)14-8-6-5-7-13(14)11-15/h5-8,12H,4,9-11H2,1-3H3. The lowest BCUT2D eigenvalue weighted by Gasteiger charge is -2.28. The third kappa shape index (κ3) is 3.95. The molecule has 0 saturated carbocycles. The largest absolute Gasteiger partial charge is 0.383 e. The van der Waals surface area contributed by atoms with Crippen LogP contribution in [0.1, 0.15) is 25.8 Å². The minimum Gasteiger partial charge on any atom is -0.383 e. The van der Waals surface area contributed by atoms with Gasteiger partial charge in [-0.3, -0.25) is 0 Å². The minimum atomic E-state index is -3.56. The number of hydrogen-bond acceptors (Lipinski definition) is 3. The molecule has 0 N–H and O–H groups in total. The van der Waals surface area contributed by atoms with Crippen molar-refractivity contribution in [3.63, 3.8) is 0 Å². The monoisotopic (exact) mass is 319 g/mol. The van der Waals surface area contributed by atoms with Gasteiger partial charge in [-0.25, -0.2) is 8.42 Å². The van der Waals surface area contributed by atoms with Gasteiger partial charge in [-0.1, -0.05) is 25.1 Å². The van der Waals surface area contributed by atoms with E-state index >= 15 is 0 Å². The van der Waals surface area contributed by atoms with E-state index in [1.54, 1.807) is 31.4 Å². The molecule has 0 saturated heterocycles. The van der Waals surface area contributed by atoms with E-state index in [1.165, 1.54) is 4.31 Å². The molecule has 0 aliphatic heterocycles. The molecule has 1 rings (SSSR count). The lowest BCUT2D eigenvalue weighted by molar-refractivity contribution is 0.167. The van der Waals surface area contributed by atoms with Crippen LogP contribution >= 0.6 is 11.6 Å². The highest BCUT2D eigenvalue weighted by Crippen LogP contribution is 2.24. The Balaban J connectivity index is 3.21. The van der Waals surface area contributed by atoms with Gasteiger partial charge in [-0.15, -0.1) is 11.6 Å². The Kier molecular flexibility index (Phi) is 6.95. The average Bonchev–Trinajstić information content (AvgIpc) is 2.46. The topological polar surface area (TPSA) is 46.6 Å². The van der Waals surface area contributed by atoms with Crippen molar-refractivity contribution in [2.24, 2.45) is 0 Å². The van der Waals surface area contributed by atoms with Gasteiger partial charge in [-0.05, 0) is 25.0 Å². The molecule has 0 bridgehead atoms. The van der Waals surface area contributed by atoms with E-state index in [-0.39, 0.29) is 16.8 Å². The zero-order valence-electron chi connectivity index (χ0n) is 12.2. The maximum absolute atomic E-state index is 12.8. The van der Waals surface area contributed by atoms with Crippen LogP contribution in [0.2, 0.25) is 0 Å². The summed E-state index contributed by atoms with van der Waals surface area (Å²) in [6.07, 6.45) is 0.742. The number of hydrogen-bond donors (Lipinski definition) is 0. The quantitative estimate of drug-likeness (QED) is 0.692.